The van der Waals surface area contributed by atoms with Crippen LogP contribution in [0.3, 0.4) is 0 Å². The number of hydrogen-bond acceptors (Lipinski definition) is 29. The number of fused-ring (bicyclic) bond motifs is 1. The van der Waals surface area contributed by atoms with Crippen LogP contribution in [0.5, 0.6) is 0 Å². The molecule has 4 aliphatic heterocycles. The summed E-state index contributed by atoms with van der Waals surface area (Å²) in [6.07, 6.45) is 2.21. The molecule has 0 spiro atoms. The fourth-order valence-corrected chi connectivity index (χ4v) is 10.3. The second-order valence-electron chi connectivity index (χ2n) is 21.5. The predicted molar refractivity (Wildman–Crippen MR) is 382 cm³/mol. The van der Waals surface area contributed by atoms with Crippen molar-refractivity contribution in [1.29, 1.82) is 0 Å². The minimum atomic E-state index is -0.791. The van der Waals surface area contributed by atoms with Crippen LogP contribution in [0.1, 0.15) is 82.9 Å². The number of nitrogens with one attached hydrogen (secondary N) is 4. The van der Waals surface area contributed by atoms with E-state index in [9.17, 15) is 24.0 Å². The number of azide groups is 6. The molecule has 0 aliphatic carbocycles. The van der Waals surface area contributed by atoms with Crippen LogP contribution >= 0.6 is 28.4 Å². The maximum absolute atomic E-state index is 12.4. The highest BCUT2D eigenvalue weighted by Gasteiger charge is 2.41. The predicted octanol–water partition coefficient (Wildman–Crippen LogP) is 4.36. The topological polar surface area (TPSA) is 644 Å². The standard InChI is InChI=1S/C20H26N11O5P.C18H27N10O5P.C18H24N9O7P/c1-2-16(28-30-23)33-9-15(32)24-5-3-4-12-7-31(20-18(12)19(21)25-10-26-20)17-6-13(34-11-27-29-22)14(36-17)8-35-37;1-2-16(25-27-21)30-9-15(29)22-5-3-4-12-7-28(10-23-18(12)19)17-6-13(31-11-24-26-20)14(33-17)8-32-34;1-2-15(24-26-20)31-9-14(28)21-5-3-4-11-7-27(18(30)23-17(11)29)16-6-12(32-10-22-25-19)13(34-16)8-33-35/h7,10,13-14,16-17H,2,5-6,8-9,11,37H2,1H3,(H,24,32)(H2,21,25,26);7,13-14,16-17H,2,5-6,8-11,34H2,1H3,(H2,19,23)(H,22,29);7,12-13,15-16H,2,5-6,8-10,35H2,1H3,(H,21,28)(H,23,29,30). The zero-order valence-corrected chi connectivity index (χ0v) is 60.7. The molecule has 3 aromatic rings. The average molecular weight is 1540 g/mol. The Morgan fingerprint density at radius 1 is 0.613 bits per heavy atom. The van der Waals surface area contributed by atoms with Gasteiger partial charge in [0.1, 0.15) is 132 Å². The zero-order chi connectivity index (χ0) is 77.0. The Labute approximate surface area is 609 Å². The first-order valence-electron chi connectivity index (χ1n) is 31.7. The van der Waals surface area contributed by atoms with E-state index in [2.05, 4.69) is 160 Å². The number of anilines is 1. The van der Waals surface area contributed by atoms with E-state index < -0.39 is 78.4 Å². The molecule has 0 bridgehead atoms. The molecular weight excluding hydrogens is 1460 g/mol. The van der Waals surface area contributed by atoms with Gasteiger partial charge in [-0.25, -0.2) is 19.8 Å². The van der Waals surface area contributed by atoms with Gasteiger partial charge >= 0.3 is 5.69 Å². The highest BCUT2D eigenvalue weighted by Crippen LogP contribution is 2.36. The normalized spacial score (nSPS) is 20.4. The highest BCUT2D eigenvalue weighted by molar-refractivity contribution is 7.10. The summed E-state index contributed by atoms with van der Waals surface area (Å²) in [6, 6.07) is 0. The lowest BCUT2D eigenvalue weighted by atomic mass is 10.1. The van der Waals surface area contributed by atoms with Gasteiger partial charge in [-0.1, -0.05) is 87.0 Å². The Morgan fingerprint density at radius 2 is 1.03 bits per heavy atom. The van der Waals surface area contributed by atoms with Crippen molar-refractivity contribution in [2.75, 3.05) is 91.9 Å². The largest absolute Gasteiger partial charge is 0.383 e. The lowest BCUT2D eigenvalue weighted by Gasteiger charge is -2.28. The van der Waals surface area contributed by atoms with Gasteiger partial charge < -0.3 is 93.1 Å². The minimum absolute atomic E-state index is 0.0228. The quantitative estimate of drug-likeness (QED) is 0.0155. The summed E-state index contributed by atoms with van der Waals surface area (Å²) in [7, 11) is 6.42. The van der Waals surface area contributed by atoms with E-state index in [4.69, 9.17) is 101 Å². The first-order chi connectivity index (χ1) is 51.5. The summed E-state index contributed by atoms with van der Waals surface area (Å²) in [5, 5.41) is 28.6. The molecule has 8 N–H and O–H groups in total. The van der Waals surface area contributed by atoms with Gasteiger partial charge in [0.25, 0.3) is 5.56 Å². The molecule has 47 nitrogen and oxygen atoms in total. The molecule has 3 aromatic heterocycles. The third-order valence-electron chi connectivity index (χ3n) is 14.7. The molecule has 3 fully saturated rings. The Hall–Kier alpha value is -10.1. The molecule has 15 unspecified atom stereocenters. The van der Waals surface area contributed by atoms with Crippen LogP contribution in [-0.2, 0) is 70.6 Å². The number of nitrogens with two attached hydrogens (primary N) is 2. The second-order valence-corrected chi connectivity index (χ2v) is 22.5. The van der Waals surface area contributed by atoms with Gasteiger partial charge in [0, 0.05) is 95.7 Å². The molecule has 7 rings (SSSR count). The number of carbonyl (C=O) groups is 3. The number of amides is 3. The number of hydrogen-bond donors (Lipinski definition) is 6. The number of nitrogen functional groups attached to an aromatic ring is 1. The molecule has 106 heavy (non-hydrogen) atoms. The fraction of sp³-hybridized carbons (Fsp3) is 0.607. The van der Waals surface area contributed by atoms with Crippen LogP contribution in [-0.4, -0.2) is 200 Å². The smallest absolute Gasteiger partial charge is 0.330 e. The Balaban J connectivity index is 0.000000286. The van der Waals surface area contributed by atoms with Crippen LogP contribution in [0.15, 0.2) is 75.8 Å². The van der Waals surface area contributed by atoms with Crippen LogP contribution in [0, 0.1) is 35.5 Å². The molecule has 3 amide bonds. The Morgan fingerprint density at radius 3 is 1.46 bits per heavy atom. The molecule has 15 atom stereocenters. The van der Waals surface area contributed by atoms with Crippen molar-refractivity contribution in [3.63, 3.8) is 0 Å². The van der Waals surface area contributed by atoms with Gasteiger partial charge in [0.15, 0.2) is 0 Å². The maximum Gasteiger partial charge on any atom is 0.330 e. The Bertz CT molecular complexity index is 4140. The van der Waals surface area contributed by atoms with Crippen LogP contribution in [0.4, 0.5) is 5.82 Å². The van der Waals surface area contributed by atoms with Crippen molar-refractivity contribution in [3.05, 3.63) is 125 Å². The van der Waals surface area contributed by atoms with Crippen LogP contribution in [0.25, 0.3) is 73.7 Å². The van der Waals surface area contributed by atoms with E-state index in [1.54, 1.807) is 37.7 Å². The Kier molecular flexibility index (Phi) is 39.8. The summed E-state index contributed by atoms with van der Waals surface area (Å²) in [5.74, 6) is 16.0. The molecule has 50 heteroatoms. The number of amidine groups is 1. The monoisotopic (exact) mass is 1530 g/mol. The van der Waals surface area contributed by atoms with Crippen LogP contribution < -0.4 is 38.7 Å². The first kappa shape index (κ1) is 86.5. The van der Waals surface area contributed by atoms with Gasteiger partial charge in [0.2, 0.25) is 17.7 Å². The number of ether oxygens (including phenoxy) is 9. The van der Waals surface area contributed by atoms with Crippen molar-refractivity contribution in [3.8, 4) is 35.5 Å². The van der Waals surface area contributed by atoms with Crippen molar-refractivity contribution < 1.29 is 70.6 Å². The minimum Gasteiger partial charge on any atom is -0.383 e. The summed E-state index contributed by atoms with van der Waals surface area (Å²) >= 11 is 0. The van der Waals surface area contributed by atoms with Gasteiger partial charge in [-0.05, 0) is 52.4 Å². The van der Waals surface area contributed by atoms with E-state index in [1.807, 2.05) is 4.90 Å². The summed E-state index contributed by atoms with van der Waals surface area (Å²) in [6.45, 7) is 4.95. The van der Waals surface area contributed by atoms with Gasteiger partial charge in [0.05, 0.1) is 74.3 Å². The molecule has 568 valence electrons. The molecular formula is C56H77N30O17P3. The number of aromatic amines is 1. The zero-order valence-electron chi connectivity index (χ0n) is 57.2. The maximum atomic E-state index is 12.4. The molecule has 3 saturated heterocycles. The first-order valence-corrected chi connectivity index (χ1v) is 33.2. The van der Waals surface area contributed by atoms with Crippen molar-refractivity contribution >= 4 is 68.8 Å². The van der Waals surface area contributed by atoms with Gasteiger partial charge in [-0.15, -0.1) is 0 Å². The van der Waals surface area contributed by atoms with E-state index in [0.717, 1.165) is 0 Å². The van der Waals surface area contributed by atoms with Gasteiger partial charge in [-0.2, -0.15) is 0 Å². The van der Waals surface area contributed by atoms with Gasteiger partial charge in [-0.3, -0.25) is 28.7 Å². The number of carbonyl (C=O) groups excluding carboxylic acids is 3. The van der Waals surface area contributed by atoms with E-state index >= 15 is 0 Å². The van der Waals surface area contributed by atoms with Crippen molar-refractivity contribution in [2.24, 2.45) is 41.4 Å². The third kappa shape index (κ3) is 28.7. The number of nitrogens with zero attached hydrogens (tertiary/aromatic N) is 24. The summed E-state index contributed by atoms with van der Waals surface area (Å²) in [4.78, 5) is 92.8. The summed E-state index contributed by atoms with van der Waals surface area (Å²) < 4.78 is 68.6. The summed E-state index contributed by atoms with van der Waals surface area (Å²) in [5.41, 5.74) is 62.9. The van der Waals surface area contributed by atoms with Crippen molar-refractivity contribution in [1.82, 2.24) is 44.9 Å². The number of aromatic nitrogens is 5. The van der Waals surface area contributed by atoms with Crippen LogP contribution in [0.2, 0.25) is 0 Å². The molecule has 7 heterocycles. The molecule has 0 radical (unpaired) electrons. The van der Waals surface area contributed by atoms with E-state index in [0.29, 0.717) is 54.3 Å². The molecule has 4 aliphatic rings. The number of aliphatic imine (C=N–C) groups is 1. The van der Waals surface area contributed by atoms with Crippen molar-refractivity contribution in [2.45, 2.75) is 133 Å². The van der Waals surface area contributed by atoms with E-state index in [-0.39, 0.29) is 134 Å². The number of rotatable bonds is 36. The SMILES string of the molecule is CCC(N=[N+]=[N-])OCC(=O)NCC#CC1=CN(C2CC(OCN=[N+]=[N-])C(COP)O2)CN=C1N.CCC(N=[N+]=[N-])OCC(=O)NCC#Cc1cn(C2CC(OCN=[N+]=[N-])C(COP)O2)c(=O)[nH]c1=O.CCC(N=[N+]=[N-])OCC(=O)NCC#Cc1cn(C2CC(OCN=[N+]=[N-])C(COP)O2)c2ncnc(N)c12. The third-order valence-corrected chi connectivity index (χ3v) is 15.3. The lowest BCUT2D eigenvalue weighted by molar-refractivity contribution is -0.128. The van der Waals surface area contributed by atoms with E-state index in [1.165, 1.54) is 17.1 Å². The molecule has 0 aromatic carbocycles. The average Bonchev–Trinajstić information content (AvgIpc) is 1.61. The lowest BCUT2D eigenvalue weighted by Crippen LogP contribution is -2.36. The second kappa shape index (κ2) is 48.8. The number of H-pyrrole nitrogens is 1. The highest BCUT2D eigenvalue weighted by atomic mass is 31.0. The fourth-order valence-electron chi connectivity index (χ4n) is 9.76. The molecule has 0 saturated carbocycles.